The summed E-state index contributed by atoms with van der Waals surface area (Å²) in [5.41, 5.74) is 5.02. The number of hydrogen-bond acceptors (Lipinski definition) is 4. The molecule has 1 fully saturated rings. The highest BCUT2D eigenvalue weighted by Gasteiger charge is 2.30. The van der Waals surface area contributed by atoms with E-state index in [1.807, 2.05) is 18.2 Å². The average molecular weight is 354 g/mol. The fourth-order valence-electron chi connectivity index (χ4n) is 3.86. The standard InChI is InChI=1S/C22H30N2O2/c1-16-9-10-17(2)18(15-16)22(24-13-6-11-23-12-14-24)21-19(25-3)7-5-8-20(21)26-4/h5,7-10,15,22-23H,6,11-14H2,1-4H3. The Morgan fingerprint density at radius 2 is 1.69 bits per heavy atom. The molecule has 3 rings (SSSR count). The summed E-state index contributed by atoms with van der Waals surface area (Å²) in [5, 5.41) is 3.51. The Morgan fingerprint density at radius 3 is 2.38 bits per heavy atom. The van der Waals surface area contributed by atoms with Crippen LogP contribution >= 0.6 is 0 Å². The Kier molecular flexibility index (Phi) is 6.17. The smallest absolute Gasteiger partial charge is 0.127 e. The zero-order valence-corrected chi connectivity index (χ0v) is 16.3. The lowest BCUT2D eigenvalue weighted by Crippen LogP contribution is -2.34. The number of nitrogens with zero attached hydrogens (tertiary/aromatic N) is 1. The van der Waals surface area contributed by atoms with Gasteiger partial charge in [0.1, 0.15) is 11.5 Å². The lowest BCUT2D eigenvalue weighted by Gasteiger charge is -2.34. The lowest BCUT2D eigenvalue weighted by atomic mass is 9.90. The first-order valence-electron chi connectivity index (χ1n) is 9.38. The van der Waals surface area contributed by atoms with Gasteiger partial charge in [-0.05, 0) is 50.1 Å². The van der Waals surface area contributed by atoms with Crippen molar-refractivity contribution in [1.29, 1.82) is 0 Å². The quantitative estimate of drug-likeness (QED) is 0.888. The normalized spacial score (nSPS) is 16.8. The van der Waals surface area contributed by atoms with Gasteiger partial charge in [-0.15, -0.1) is 0 Å². The maximum Gasteiger partial charge on any atom is 0.127 e. The van der Waals surface area contributed by atoms with Crippen LogP contribution in [0, 0.1) is 13.8 Å². The van der Waals surface area contributed by atoms with Crippen LogP contribution in [-0.4, -0.2) is 45.3 Å². The van der Waals surface area contributed by atoms with E-state index in [0.717, 1.165) is 49.7 Å². The Balaban J connectivity index is 2.19. The molecule has 4 nitrogen and oxygen atoms in total. The molecule has 2 aromatic rings. The minimum atomic E-state index is 0.112. The number of benzene rings is 2. The van der Waals surface area contributed by atoms with E-state index in [9.17, 15) is 0 Å². The van der Waals surface area contributed by atoms with E-state index in [4.69, 9.17) is 9.47 Å². The third-order valence-electron chi connectivity index (χ3n) is 5.21. The minimum Gasteiger partial charge on any atom is -0.496 e. The molecule has 0 bridgehead atoms. The second-order valence-corrected chi connectivity index (χ2v) is 6.98. The van der Waals surface area contributed by atoms with Crippen molar-refractivity contribution in [2.24, 2.45) is 0 Å². The topological polar surface area (TPSA) is 33.7 Å². The van der Waals surface area contributed by atoms with Crippen molar-refractivity contribution in [2.45, 2.75) is 26.3 Å². The molecule has 0 aliphatic carbocycles. The predicted octanol–water partition coefficient (Wildman–Crippen LogP) is 3.71. The maximum absolute atomic E-state index is 5.76. The molecule has 140 valence electrons. The molecule has 1 N–H and O–H groups in total. The van der Waals surface area contributed by atoms with E-state index in [2.05, 4.69) is 42.3 Å². The van der Waals surface area contributed by atoms with Gasteiger partial charge in [0.2, 0.25) is 0 Å². The molecular formula is C22H30N2O2. The maximum atomic E-state index is 5.76. The Bertz CT molecular complexity index is 715. The molecule has 26 heavy (non-hydrogen) atoms. The van der Waals surface area contributed by atoms with Gasteiger partial charge in [0, 0.05) is 19.6 Å². The van der Waals surface area contributed by atoms with Crippen LogP contribution in [0.3, 0.4) is 0 Å². The van der Waals surface area contributed by atoms with Crippen LogP contribution in [0.15, 0.2) is 36.4 Å². The zero-order valence-electron chi connectivity index (χ0n) is 16.3. The van der Waals surface area contributed by atoms with Crippen LogP contribution < -0.4 is 14.8 Å². The van der Waals surface area contributed by atoms with Gasteiger partial charge in [-0.2, -0.15) is 0 Å². The van der Waals surface area contributed by atoms with Gasteiger partial charge in [0.15, 0.2) is 0 Å². The van der Waals surface area contributed by atoms with Gasteiger partial charge in [-0.3, -0.25) is 4.90 Å². The van der Waals surface area contributed by atoms with Crippen LogP contribution in [0.2, 0.25) is 0 Å². The van der Waals surface area contributed by atoms with E-state index < -0.39 is 0 Å². The Labute approximate surface area is 157 Å². The van der Waals surface area contributed by atoms with Crippen molar-refractivity contribution in [3.63, 3.8) is 0 Å². The average Bonchev–Trinajstić information content (AvgIpc) is 2.94. The van der Waals surface area contributed by atoms with Crippen molar-refractivity contribution >= 4 is 0 Å². The number of rotatable bonds is 5. The number of aryl methyl sites for hydroxylation is 2. The molecule has 4 heteroatoms. The molecule has 1 aliphatic rings. The van der Waals surface area contributed by atoms with E-state index in [0.29, 0.717) is 0 Å². The van der Waals surface area contributed by atoms with Crippen molar-refractivity contribution in [1.82, 2.24) is 10.2 Å². The highest BCUT2D eigenvalue weighted by Crippen LogP contribution is 2.42. The fourth-order valence-corrected chi connectivity index (χ4v) is 3.86. The molecule has 1 aliphatic heterocycles. The molecular weight excluding hydrogens is 324 g/mol. The van der Waals surface area contributed by atoms with Crippen LogP contribution in [-0.2, 0) is 0 Å². The van der Waals surface area contributed by atoms with E-state index >= 15 is 0 Å². The van der Waals surface area contributed by atoms with E-state index in [1.54, 1.807) is 14.2 Å². The summed E-state index contributed by atoms with van der Waals surface area (Å²) in [6.45, 7) is 8.46. The number of ether oxygens (including phenoxy) is 2. The third-order valence-corrected chi connectivity index (χ3v) is 5.21. The molecule has 1 heterocycles. The van der Waals surface area contributed by atoms with Crippen molar-refractivity contribution < 1.29 is 9.47 Å². The molecule has 0 aromatic heterocycles. The van der Waals surface area contributed by atoms with Crippen molar-refractivity contribution in [3.05, 3.63) is 58.7 Å². The van der Waals surface area contributed by atoms with E-state index in [1.165, 1.54) is 16.7 Å². The van der Waals surface area contributed by atoms with Crippen LogP contribution in [0.25, 0.3) is 0 Å². The summed E-state index contributed by atoms with van der Waals surface area (Å²) < 4.78 is 11.5. The second-order valence-electron chi connectivity index (χ2n) is 6.98. The fraction of sp³-hybridized carbons (Fsp3) is 0.455. The summed E-state index contributed by atoms with van der Waals surface area (Å²) >= 11 is 0. The number of nitrogens with one attached hydrogen (secondary N) is 1. The van der Waals surface area contributed by atoms with Gasteiger partial charge in [0.05, 0.1) is 25.8 Å². The number of hydrogen-bond donors (Lipinski definition) is 1. The van der Waals surface area contributed by atoms with Gasteiger partial charge in [-0.25, -0.2) is 0 Å². The highest BCUT2D eigenvalue weighted by atomic mass is 16.5. The van der Waals surface area contributed by atoms with Gasteiger partial charge >= 0.3 is 0 Å². The van der Waals surface area contributed by atoms with Gasteiger partial charge in [-0.1, -0.05) is 29.8 Å². The van der Waals surface area contributed by atoms with Crippen molar-refractivity contribution in [2.75, 3.05) is 40.4 Å². The Morgan fingerprint density at radius 1 is 0.962 bits per heavy atom. The lowest BCUT2D eigenvalue weighted by molar-refractivity contribution is 0.230. The first kappa shape index (κ1) is 18.7. The zero-order chi connectivity index (χ0) is 18.5. The van der Waals surface area contributed by atoms with Crippen LogP contribution in [0.5, 0.6) is 11.5 Å². The molecule has 0 saturated carbocycles. The van der Waals surface area contributed by atoms with E-state index in [-0.39, 0.29) is 6.04 Å². The second kappa shape index (κ2) is 8.56. The molecule has 0 radical (unpaired) electrons. The van der Waals surface area contributed by atoms with Crippen molar-refractivity contribution in [3.8, 4) is 11.5 Å². The molecule has 0 amide bonds. The predicted molar refractivity (Wildman–Crippen MR) is 106 cm³/mol. The van der Waals surface area contributed by atoms with Crippen LogP contribution in [0.1, 0.15) is 34.7 Å². The third kappa shape index (κ3) is 3.87. The van der Waals surface area contributed by atoms with Gasteiger partial charge < -0.3 is 14.8 Å². The summed E-state index contributed by atoms with van der Waals surface area (Å²) in [6, 6.07) is 12.9. The van der Waals surface area contributed by atoms with Gasteiger partial charge in [0.25, 0.3) is 0 Å². The van der Waals surface area contributed by atoms with Crippen LogP contribution in [0.4, 0.5) is 0 Å². The monoisotopic (exact) mass is 354 g/mol. The number of methoxy groups -OCH3 is 2. The minimum absolute atomic E-state index is 0.112. The SMILES string of the molecule is COc1cccc(OC)c1C(c1cc(C)ccc1C)N1CCCNCC1. The molecule has 1 atom stereocenters. The first-order chi connectivity index (χ1) is 12.7. The molecule has 0 spiro atoms. The molecule has 1 saturated heterocycles. The highest BCUT2D eigenvalue weighted by molar-refractivity contribution is 5.52. The molecule has 2 aromatic carbocycles. The largest absolute Gasteiger partial charge is 0.496 e. The summed E-state index contributed by atoms with van der Waals surface area (Å²) in [7, 11) is 3.48. The Hall–Kier alpha value is -2.04. The first-order valence-corrected chi connectivity index (χ1v) is 9.38. The summed E-state index contributed by atoms with van der Waals surface area (Å²) in [5.74, 6) is 1.76. The summed E-state index contributed by atoms with van der Waals surface area (Å²) in [6.07, 6.45) is 1.14. The summed E-state index contributed by atoms with van der Waals surface area (Å²) in [4.78, 5) is 2.56. The molecule has 1 unspecified atom stereocenters.